The van der Waals surface area contributed by atoms with Crippen LogP contribution in [-0.4, -0.2) is 52.1 Å². The molecule has 0 fully saturated rings. The summed E-state index contributed by atoms with van der Waals surface area (Å²) in [7, 11) is 0. The van der Waals surface area contributed by atoms with Crippen molar-refractivity contribution < 1.29 is 29.1 Å². The van der Waals surface area contributed by atoms with Gasteiger partial charge in [-0.1, -0.05) is 42.5 Å². The number of ketones is 1. The van der Waals surface area contributed by atoms with Gasteiger partial charge in [0, 0.05) is 35.4 Å². The van der Waals surface area contributed by atoms with E-state index in [0.717, 1.165) is 12.2 Å². The van der Waals surface area contributed by atoms with Crippen LogP contribution < -0.4 is 5.32 Å². The standard InChI is InChI=1S/C21H16N2O6/c24-17-10-11-18(25)23(17)16(21(28)29)12-22-20(27)15-8-6-14(7-9-15)19(26)13-4-2-1-3-5-13/h1-11,16H,12H2,(H,22,27)(H,28,29). The monoisotopic (exact) mass is 392 g/mol. The zero-order chi connectivity index (χ0) is 21.0. The second-order valence-electron chi connectivity index (χ2n) is 6.22. The first kappa shape index (κ1) is 19.7. The fourth-order valence-corrected chi connectivity index (χ4v) is 2.83. The molecule has 0 radical (unpaired) electrons. The summed E-state index contributed by atoms with van der Waals surface area (Å²) in [5.41, 5.74) is 1.12. The zero-order valence-corrected chi connectivity index (χ0v) is 15.1. The third-order valence-electron chi connectivity index (χ3n) is 4.34. The lowest BCUT2D eigenvalue weighted by molar-refractivity contribution is -0.153. The number of carbonyl (C=O) groups is 5. The van der Waals surface area contributed by atoms with Crippen LogP contribution in [0.25, 0.3) is 0 Å². The Morgan fingerprint density at radius 3 is 1.90 bits per heavy atom. The highest BCUT2D eigenvalue weighted by molar-refractivity contribution is 6.15. The van der Waals surface area contributed by atoms with Crippen molar-refractivity contribution in [2.75, 3.05) is 6.54 Å². The summed E-state index contributed by atoms with van der Waals surface area (Å²) in [6, 6.07) is 13.0. The minimum absolute atomic E-state index is 0.193. The number of carboxylic acids is 1. The summed E-state index contributed by atoms with van der Waals surface area (Å²) >= 11 is 0. The number of benzene rings is 2. The first-order valence-electron chi connectivity index (χ1n) is 8.64. The molecule has 146 valence electrons. The van der Waals surface area contributed by atoms with Crippen LogP contribution in [0.1, 0.15) is 26.3 Å². The number of nitrogens with zero attached hydrogens (tertiary/aromatic N) is 1. The number of hydrogen-bond acceptors (Lipinski definition) is 5. The van der Waals surface area contributed by atoms with Gasteiger partial charge >= 0.3 is 5.97 Å². The third kappa shape index (κ3) is 4.27. The fourth-order valence-electron chi connectivity index (χ4n) is 2.83. The molecule has 8 heteroatoms. The minimum atomic E-state index is -1.52. The molecule has 1 atom stereocenters. The van der Waals surface area contributed by atoms with E-state index < -0.39 is 36.3 Å². The van der Waals surface area contributed by atoms with Crippen LogP contribution >= 0.6 is 0 Å². The van der Waals surface area contributed by atoms with E-state index in [1.165, 1.54) is 24.3 Å². The van der Waals surface area contributed by atoms with Crippen LogP contribution in [-0.2, 0) is 14.4 Å². The van der Waals surface area contributed by atoms with Gasteiger partial charge in [-0.15, -0.1) is 0 Å². The number of hydrogen-bond donors (Lipinski definition) is 2. The van der Waals surface area contributed by atoms with Crippen molar-refractivity contribution in [1.29, 1.82) is 0 Å². The molecular formula is C21H16N2O6. The lowest BCUT2D eigenvalue weighted by Gasteiger charge is -2.22. The predicted octanol–water partition coefficient (Wildman–Crippen LogP) is 1.03. The van der Waals surface area contributed by atoms with Gasteiger partial charge in [-0.3, -0.25) is 24.1 Å². The Balaban J connectivity index is 1.66. The molecule has 3 rings (SSSR count). The molecule has 0 aliphatic carbocycles. The van der Waals surface area contributed by atoms with Crippen LogP contribution in [0.2, 0.25) is 0 Å². The molecule has 29 heavy (non-hydrogen) atoms. The molecule has 0 saturated carbocycles. The summed E-state index contributed by atoms with van der Waals surface area (Å²) in [6.07, 6.45) is 1.95. The maximum absolute atomic E-state index is 12.4. The van der Waals surface area contributed by atoms with E-state index in [2.05, 4.69) is 5.32 Å². The molecule has 0 saturated heterocycles. The fraction of sp³-hybridized carbons (Fsp3) is 0.0952. The van der Waals surface area contributed by atoms with Crippen LogP contribution in [0.15, 0.2) is 66.7 Å². The van der Waals surface area contributed by atoms with Crippen LogP contribution in [0, 0.1) is 0 Å². The molecule has 0 aromatic heterocycles. The predicted molar refractivity (Wildman–Crippen MR) is 101 cm³/mol. The molecule has 1 heterocycles. The molecule has 2 aromatic carbocycles. The zero-order valence-electron chi connectivity index (χ0n) is 15.1. The van der Waals surface area contributed by atoms with Crippen molar-refractivity contribution in [3.8, 4) is 0 Å². The van der Waals surface area contributed by atoms with Crippen molar-refractivity contribution >= 4 is 29.5 Å². The highest BCUT2D eigenvalue weighted by Gasteiger charge is 2.36. The highest BCUT2D eigenvalue weighted by Crippen LogP contribution is 2.12. The number of aliphatic carboxylic acids is 1. The van der Waals surface area contributed by atoms with Crippen LogP contribution in [0.5, 0.6) is 0 Å². The van der Waals surface area contributed by atoms with Gasteiger partial charge in [-0.25, -0.2) is 4.79 Å². The topological polar surface area (TPSA) is 121 Å². The molecule has 8 nitrogen and oxygen atoms in total. The summed E-state index contributed by atoms with van der Waals surface area (Å²) in [4.78, 5) is 60.0. The number of amides is 3. The van der Waals surface area contributed by atoms with Crippen molar-refractivity contribution in [2.24, 2.45) is 0 Å². The lowest BCUT2D eigenvalue weighted by Crippen LogP contribution is -2.51. The van der Waals surface area contributed by atoms with E-state index >= 15 is 0 Å². The van der Waals surface area contributed by atoms with E-state index in [1.54, 1.807) is 30.3 Å². The van der Waals surface area contributed by atoms with Crippen molar-refractivity contribution in [2.45, 2.75) is 6.04 Å². The van der Waals surface area contributed by atoms with Gasteiger partial charge in [-0.2, -0.15) is 0 Å². The number of carbonyl (C=O) groups excluding carboxylic acids is 4. The minimum Gasteiger partial charge on any atom is -0.480 e. The largest absolute Gasteiger partial charge is 0.480 e. The molecule has 0 bridgehead atoms. The van der Waals surface area contributed by atoms with Gasteiger partial charge in [0.25, 0.3) is 17.7 Å². The summed E-state index contributed by atoms with van der Waals surface area (Å²) < 4.78 is 0. The second kappa shape index (κ2) is 8.30. The van der Waals surface area contributed by atoms with E-state index in [-0.39, 0.29) is 11.3 Å². The Morgan fingerprint density at radius 1 is 0.828 bits per heavy atom. The maximum atomic E-state index is 12.4. The third-order valence-corrected chi connectivity index (χ3v) is 4.34. The van der Waals surface area contributed by atoms with Gasteiger partial charge in [0.05, 0.1) is 0 Å². The van der Waals surface area contributed by atoms with Gasteiger partial charge in [0.15, 0.2) is 11.8 Å². The van der Waals surface area contributed by atoms with E-state index in [9.17, 15) is 29.1 Å². The summed E-state index contributed by atoms with van der Waals surface area (Å²) in [6.45, 7) is -0.446. The van der Waals surface area contributed by atoms with Gasteiger partial charge < -0.3 is 10.4 Å². The molecule has 1 unspecified atom stereocenters. The number of carboxylic acid groups (broad SMARTS) is 1. The Bertz CT molecular complexity index is 993. The Morgan fingerprint density at radius 2 is 1.34 bits per heavy atom. The SMILES string of the molecule is O=C(NCC(C(=O)O)N1C(=O)C=CC1=O)c1ccc(C(=O)c2ccccc2)cc1. The van der Waals surface area contributed by atoms with E-state index in [4.69, 9.17) is 0 Å². The maximum Gasteiger partial charge on any atom is 0.328 e. The smallest absolute Gasteiger partial charge is 0.328 e. The summed E-state index contributed by atoms with van der Waals surface area (Å²) in [5, 5.41) is 11.7. The van der Waals surface area contributed by atoms with Gasteiger partial charge in [-0.05, 0) is 12.1 Å². The van der Waals surface area contributed by atoms with Gasteiger partial charge in [0.1, 0.15) is 0 Å². The molecule has 3 amide bonds. The van der Waals surface area contributed by atoms with E-state index in [0.29, 0.717) is 16.0 Å². The molecule has 2 N–H and O–H groups in total. The normalized spacial score (nSPS) is 14.0. The first-order chi connectivity index (χ1) is 13.9. The molecule has 2 aromatic rings. The second-order valence-corrected chi connectivity index (χ2v) is 6.22. The molecule has 1 aliphatic heterocycles. The molecular weight excluding hydrogens is 376 g/mol. The Hall–Kier alpha value is -4.07. The number of rotatable bonds is 7. The Labute approximate surface area is 165 Å². The quantitative estimate of drug-likeness (QED) is 0.536. The van der Waals surface area contributed by atoms with Crippen molar-refractivity contribution in [3.63, 3.8) is 0 Å². The lowest BCUT2D eigenvalue weighted by atomic mass is 10.0. The van der Waals surface area contributed by atoms with Gasteiger partial charge in [0.2, 0.25) is 0 Å². The summed E-state index contributed by atoms with van der Waals surface area (Å²) in [5.74, 6) is -3.70. The van der Waals surface area contributed by atoms with Crippen molar-refractivity contribution in [3.05, 3.63) is 83.4 Å². The number of nitrogens with one attached hydrogen (secondary N) is 1. The van der Waals surface area contributed by atoms with Crippen molar-refractivity contribution in [1.82, 2.24) is 10.2 Å². The van der Waals surface area contributed by atoms with Crippen LogP contribution in [0.3, 0.4) is 0 Å². The average molecular weight is 392 g/mol. The number of imide groups is 1. The molecule has 1 aliphatic rings. The van der Waals surface area contributed by atoms with Crippen LogP contribution in [0.4, 0.5) is 0 Å². The van der Waals surface area contributed by atoms with E-state index in [1.807, 2.05) is 0 Å². The molecule has 0 spiro atoms. The Kier molecular flexibility index (Phi) is 5.64. The highest BCUT2D eigenvalue weighted by atomic mass is 16.4. The first-order valence-corrected chi connectivity index (χ1v) is 8.64. The average Bonchev–Trinajstić information content (AvgIpc) is 3.06.